The van der Waals surface area contributed by atoms with Crippen molar-refractivity contribution in [3.63, 3.8) is 0 Å². The van der Waals surface area contributed by atoms with Crippen LogP contribution in [0.5, 0.6) is 11.5 Å². The Kier molecular flexibility index (Phi) is 10.1. The van der Waals surface area contributed by atoms with Gasteiger partial charge in [-0.05, 0) is 49.2 Å². The zero-order chi connectivity index (χ0) is 27.7. The molecule has 8 heteroatoms. The predicted molar refractivity (Wildman–Crippen MR) is 139 cm³/mol. The SMILES string of the molecule is C=COC(=O)CC(C)(O)COc1ccc(C(C)(C)c2ccc(OCC(C)(O)CC(=O)OC=C)cc2)cc1. The van der Waals surface area contributed by atoms with E-state index in [-0.39, 0.29) is 31.5 Å². The highest BCUT2D eigenvalue weighted by Crippen LogP contribution is 2.33. The summed E-state index contributed by atoms with van der Waals surface area (Å²) in [5, 5.41) is 20.7. The first-order valence-corrected chi connectivity index (χ1v) is 11.8. The van der Waals surface area contributed by atoms with Crippen LogP contribution in [0.25, 0.3) is 0 Å². The summed E-state index contributed by atoms with van der Waals surface area (Å²) in [4.78, 5) is 23.1. The molecule has 2 aromatic carbocycles. The summed E-state index contributed by atoms with van der Waals surface area (Å²) in [6.45, 7) is 13.7. The molecule has 2 unspecified atom stereocenters. The van der Waals surface area contributed by atoms with Crippen molar-refractivity contribution in [2.45, 2.75) is 57.2 Å². The van der Waals surface area contributed by atoms with Gasteiger partial charge in [0, 0.05) is 5.41 Å². The Bertz CT molecular complexity index is 981. The topological polar surface area (TPSA) is 112 Å². The van der Waals surface area contributed by atoms with Crippen molar-refractivity contribution in [1.29, 1.82) is 0 Å². The van der Waals surface area contributed by atoms with Crippen molar-refractivity contribution in [2.75, 3.05) is 13.2 Å². The second-order valence-electron chi connectivity index (χ2n) is 9.91. The summed E-state index contributed by atoms with van der Waals surface area (Å²) in [5.74, 6) is -0.0548. The Labute approximate surface area is 218 Å². The maximum Gasteiger partial charge on any atom is 0.313 e. The van der Waals surface area contributed by atoms with Gasteiger partial charge in [-0.1, -0.05) is 51.3 Å². The highest BCUT2D eigenvalue weighted by Gasteiger charge is 2.28. The Morgan fingerprint density at radius 3 is 1.32 bits per heavy atom. The third-order valence-electron chi connectivity index (χ3n) is 5.73. The van der Waals surface area contributed by atoms with Crippen molar-refractivity contribution in [3.8, 4) is 11.5 Å². The number of ether oxygens (including phenoxy) is 4. The fraction of sp³-hybridized carbons (Fsp3) is 0.379. The zero-order valence-corrected chi connectivity index (χ0v) is 21.9. The number of benzene rings is 2. The first-order chi connectivity index (χ1) is 17.3. The van der Waals surface area contributed by atoms with Crippen LogP contribution in [0.4, 0.5) is 0 Å². The van der Waals surface area contributed by atoms with Crippen LogP contribution >= 0.6 is 0 Å². The molecule has 0 heterocycles. The number of carbonyl (C=O) groups is 2. The Morgan fingerprint density at radius 1 is 0.703 bits per heavy atom. The Morgan fingerprint density at radius 2 is 1.03 bits per heavy atom. The van der Waals surface area contributed by atoms with Gasteiger partial charge in [-0.2, -0.15) is 0 Å². The minimum absolute atomic E-state index is 0.0776. The van der Waals surface area contributed by atoms with Gasteiger partial charge < -0.3 is 29.2 Å². The van der Waals surface area contributed by atoms with E-state index in [9.17, 15) is 19.8 Å². The first-order valence-electron chi connectivity index (χ1n) is 11.8. The molecule has 0 saturated heterocycles. The van der Waals surface area contributed by atoms with Crippen molar-refractivity contribution in [2.24, 2.45) is 0 Å². The van der Waals surface area contributed by atoms with E-state index in [4.69, 9.17) is 9.47 Å². The molecular formula is C29H36O8. The maximum atomic E-state index is 11.6. The lowest BCUT2D eigenvalue weighted by Gasteiger charge is -2.27. The molecule has 0 aliphatic heterocycles. The van der Waals surface area contributed by atoms with Gasteiger partial charge in [-0.15, -0.1) is 0 Å². The third-order valence-corrected chi connectivity index (χ3v) is 5.73. The van der Waals surface area contributed by atoms with Gasteiger partial charge in [-0.25, -0.2) is 0 Å². The summed E-state index contributed by atoms with van der Waals surface area (Å²) in [5.41, 5.74) is -1.03. The molecule has 0 saturated carbocycles. The molecule has 2 rings (SSSR count). The quantitative estimate of drug-likeness (QED) is 0.283. The summed E-state index contributed by atoms with van der Waals surface area (Å²) in [6, 6.07) is 15.0. The number of hydrogen-bond acceptors (Lipinski definition) is 8. The van der Waals surface area contributed by atoms with E-state index in [0.717, 1.165) is 23.7 Å². The summed E-state index contributed by atoms with van der Waals surface area (Å²) in [7, 11) is 0. The molecule has 8 nitrogen and oxygen atoms in total. The lowest BCUT2D eigenvalue weighted by atomic mass is 9.78. The molecule has 0 aliphatic carbocycles. The summed E-state index contributed by atoms with van der Waals surface area (Å²) in [6.07, 6.45) is 1.61. The molecule has 200 valence electrons. The zero-order valence-electron chi connectivity index (χ0n) is 21.9. The monoisotopic (exact) mass is 512 g/mol. The summed E-state index contributed by atoms with van der Waals surface area (Å²) >= 11 is 0. The van der Waals surface area contributed by atoms with Gasteiger partial charge in [-0.3, -0.25) is 9.59 Å². The molecule has 0 amide bonds. The molecule has 0 fully saturated rings. The molecule has 0 spiro atoms. The smallest absolute Gasteiger partial charge is 0.313 e. The van der Waals surface area contributed by atoms with Crippen molar-refractivity contribution < 1.29 is 38.7 Å². The van der Waals surface area contributed by atoms with E-state index >= 15 is 0 Å². The third kappa shape index (κ3) is 9.40. The Balaban J connectivity index is 1.98. The molecule has 2 aromatic rings. The van der Waals surface area contributed by atoms with Gasteiger partial charge in [0.25, 0.3) is 0 Å². The van der Waals surface area contributed by atoms with E-state index in [0.29, 0.717) is 11.5 Å². The van der Waals surface area contributed by atoms with Crippen LogP contribution in [0.3, 0.4) is 0 Å². The van der Waals surface area contributed by atoms with Gasteiger partial charge in [0.15, 0.2) is 0 Å². The van der Waals surface area contributed by atoms with Gasteiger partial charge in [0.1, 0.15) is 35.9 Å². The van der Waals surface area contributed by atoms with Crippen LogP contribution in [-0.2, 0) is 24.5 Å². The molecule has 2 N–H and O–H groups in total. The second kappa shape index (κ2) is 12.6. The fourth-order valence-electron chi connectivity index (χ4n) is 3.57. The molecule has 0 aliphatic rings. The van der Waals surface area contributed by atoms with Gasteiger partial charge in [0.05, 0.1) is 25.4 Å². The maximum absolute atomic E-state index is 11.6. The molecule has 0 aromatic heterocycles. The predicted octanol–water partition coefficient (Wildman–Crippen LogP) is 4.43. The number of carbonyl (C=O) groups excluding carboxylic acids is 2. The minimum atomic E-state index is -1.38. The van der Waals surface area contributed by atoms with Gasteiger partial charge in [0.2, 0.25) is 0 Å². The van der Waals surface area contributed by atoms with Crippen LogP contribution in [0, 0.1) is 0 Å². The molecule has 2 atom stereocenters. The average molecular weight is 513 g/mol. The number of rotatable bonds is 14. The fourth-order valence-corrected chi connectivity index (χ4v) is 3.57. The van der Waals surface area contributed by atoms with Crippen LogP contribution in [0.2, 0.25) is 0 Å². The number of hydrogen-bond donors (Lipinski definition) is 2. The first kappa shape index (κ1) is 29.6. The van der Waals surface area contributed by atoms with Crippen LogP contribution < -0.4 is 9.47 Å². The lowest BCUT2D eigenvalue weighted by molar-refractivity contribution is -0.145. The van der Waals surface area contributed by atoms with Gasteiger partial charge >= 0.3 is 11.9 Å². The van der Waals surface area contributed by atoms with Crippen LogP contribution in [0.15, 0.2) is 74.2 Å². The van der Waals surface area contributed by atoms with Crippen molar-refractivity contribution >= 4 is 11.9 Å². The highest BCUT2D eigenvalue weighted by molar-refractivity contribution is 5.71. The minimum Gasteiger partial charge on any atom is -0.491 e. The molecule has 0 radical (unpaired) electrons. The standard InChI is InChI=1S/C29H36O8/c1-7-34-25(30)17-28(5,32)19-36-23-13-9-21(10-14-23)27(3,4)22-11-15-24(16-12-22)37-20-29(6,33)18-26(31)35-8-2/h7-16,32-33H,1-2,17-20H2,3-6H3. The van der Waals surface area contributed by atoms with Crippen LogP contribution in [0.1, 0.15) is 51.7 Å². The van der Waals surface area contributed by atoms with E-state index in [1.807, 2.05) is 48.5 Å². The van der Waals surface area contributed by atoms with E-state index in [1.165, 1.54) is 13.8 Å². The van der Waals surface area contributed by atoms with Crippen LogP contribution in [-0.4, -0.2) is 46.6 Å². The van der Waals surface area contributed by atoms with E-state index in [1.54, 1.807) is 0 Å². The average Bonchev–Trinajstić information content (AvgIpc) is 2.82. The molecule has 37 heavy (non-hydrogen) atoms. The van der Waals surface area contributed by atoms with Crippen molar-refractivity contribution in [3.05, 3.63) is 85.3 Å². The number of esters is 2. The highest BCUT2D eigenvalue weighted by atomic mass is 16.5. The largest absolute Gasteiger partial charge is 0.491 e. The number of aliphatic hydroxyl groups is 2. The van der Waals surface area contributed by atoms with Crippen molar-refractivity contribution in [1.82, 2.24) is 0 Å². The normalized spacial score (nSPS) is 14.4. The summed E-state index contributed by atoms with van der Waals surface area (Å²) < 4.78 is 20.7. The molecule has 0 bridgehead atoms. The molecular weight excluding hydrogens is 476 g/mol. The lowest BCUT2D eigenvalue weighted by Crippen LogP contribution is -2.35. The van der Waals surface area contributed by atoms with E-state index in [2.05, 4.69) is 36.5 Å². The van der Waals surface area contributed by atoms with E-state index < -0.39 is 23.1 Å². The Hall–Kier alpha value is -3.62. The second-order valence-corrected chi connectivity index (χ2v) is 9.91.